The molecule has 2 rings (SSSR count). The van der Waals surface area contributed by atoms with Crippen LogP contribution >= 0.6 is 27.3 Å². The number of nitro benzene ring substituents is 1. The van der Waals surface area contributed by atoms with E-state index in [0.717, 1.165) is 11.3 Å². The molecule has 10 heteroatoms. The van der Waals surface area contributed by atoms with Gasteiger partial charge in [-0.1, -0.05) is 27.3 Å². The summed E-state index contributed by atoms with van der Waals surface area (Å²) in [6, 6.07) is 4.17. The average molecular weight is 352 g/mol. The van der Waals surface area contributed by atoms with Gasteiger partial charge in [-0.3, -0.25) is 14.8 Å². The van der Waals surface area contributed by atoms with Crippen LogP contribution in [0.15, 0.2) is 18.2 Å². The summed E-state index contributed by atoms with van der Waals surface area (Å²) in [6.07, 6.45) is 0. The molecule has 0 spiro atoms. The second-order valence-corrected chi connectivity index (χ2v) is 7.31. The summed E-state index contributed by atoms with van der Waals surface area (Å²) in [5.74, 6) is 0. The van der Waals surface area contributed by atoms with Crippen molar-refractivity contribution >= 4 is 58.3 Å². The lowest BCUT2D eigenvalue weighted by atomic mass is 10.3. The molecule has 96 valence electrons. The lowest BCUT2D eigenvalue weighted by Crippen LogP contribution is -2.12. The van der Waals surface area contributed by atoms with Crippen molar-refractivity contribution in [2.45, 2.75) is 0 Å². The summed E-state index contributed by atoms with van der Waals surface area (Å²) in [5, 5.41) is 10.8. The molecule has 1 aromatic carbocycles. The third-order valence-electron chi connectivity index (χ3n) is 1.97. The van der Waals surface area contributed by atoms with E-state index in [4.69, 9.17) is 0 Å². The first-order chi connectivity index (χ1) is 8.41. The quantitative estimate of drug-likeness (QED) is 0.517. The Balaban J connectivity index is 2.42. The number of nitrogens with zero attached hydrogens (tertiary/aromatic N) is 2. The number of thiazole rings is 1. The molecule has 0 atom stereocenters. The Bertz CT molecular complexity index is 712. The molecule has 0 radical (unpaired) electrons. The average Bonchev–Trinajstić information content (AvgIpc) is 2.68. The van der Waals surface area contributed by atoms with Crippen molar-refractivity contribution in [2.24, 2.45) is 0 Å². The highest BCUT2D eigenvalue weighted by atomic mass is 79.9. The Morgan fingerprint density at radius 3 is 2.83 bits per heavy atom. The number of hydrogen-bond donors (Lipinski definition) is 1. The Labute approximate surface area is 114 Å². The minimum atomic E-state index is -3.47. The van der Waals surface area contributed by atoms with Gasteiger partial charge >= 0.3 is 0 Å². The smallest absolute Gasteiger partial charge is 0.258 e. The van der Waals surface area contributed by atoms with Crippen molar-refractivity contribution in [3.8, 4) is 0 Å². The molecule has 18 heavy (non-hydrogen) atoms. The highest BCUT2D eigenvalue weighted by Gasteiger charge is 2.14. The number of nitrogens with one attached hydrogen (secondary N) is 1. The lowest BCUT2D eigenvalue weighted by molar-refractivity contribution is -0.384. The Morgan fingerprint density at radius 1 is 1.50 bits per heavy atom. The predicted molar refractivity (Wildman–Crippen MR) is 72.6 cm³/mol. The topological polar surface area (TPSA) is 102 Å². The molecule has 1 N–H and O–H groups in total. The zero-order chi connectivity index (χ0) is 13.3. The van der Waals surface area contributed by atoms with Gasteiger partial charge in [-0.2, -0.15) is 0 Å². The van der Waals surface area contributed by atoms with Gasteiger partial charge in [0.15, 0.2) is 5.13 Å². The molecule has 2 aromatic rings. The Hall–Kier alpha value is -1.26. The fourth-order valence-corrected chi connectivity index (χ4v) is 3.24. The molecule has 0 amide bonds. The maximum atomic E-state index is 11.3. The number of aromatic nitrogens is 1. The molecule has 0 fully saturated rings. The van der Waals surface area contributed by atoms with Gasteiger partial charge in [0.05, 0.1) is 15.1 Å². The van der Waals surface area contributed by atoms with E-state index in [2.05, 4.69) is 25.6 Å². The van der Waals surface area contributed by atoms with Crippen LogP contribution in [0.1, 0.15) is 0 Å². The zero-order valence-electron chi connectivity index (χ0n) is 8.66. The number of fused-ring (bicyclic) bond motifs is 1. The molecule has 1 heterocycles. The minimum Gasteiger partial charge on any atom is -0.258 e. The largest absolute Gasteiger partial charge is 0.270 e. The maximum Gasteiger partial charge on any atom is 0.270 e. The molecular weight excluding hydrogens is 346 g/mol. The molecule has 0 unspecified atom stereocenters. The molecular formula is C8H6BrN3O4S2. The van der Waals surface area contributed by atoms with E-state index in [1.807, 2.05) is 0 Å². The Morgan fingerprint density at radius 2 is 2.22 bits per heavy atom. The van der Waals surface area contributed by atoms with Gasteiger partial charge in [0.1, 0.15) is 4.66 Å². The number of sulfonamides is 1. The van der Waals surface area contributed by atoms with Gasteiger partial charge in [-0.25, -0.2) is 13.4 Å². The highest BCUT2D eigenvalue weighted by Crippen LogP contribution is 2.29. The first-order valence-electron chi connectivity index (χ1n) is 4.53. The summed E-state index contributed by atoms with van der Waals surface area (Å²) in [5.41, 5.74) is 0.457. The van der Waals surface area contributed by atoms with Crippen molar-refractivity contribution < 1.29 is 13.3 Å². The van der Waals surface area contributed by atoms with Gasteiger partial charge in [-0.05, 0) is 6.07 Å². The zero-order valence-corrected chi connectivity index (χ0v) is 11.9. The summed E-state index contributed by atoms with van der Waals surface area (Å²) in [7, 11) is -3.47. The van der Waals surface area contributed by atoms with E-state index in [-0.39, 0.29) is 15.5 Å². The van der Waals surface area contributed by atoms with E-state index in [1.165, 1.54) is 18.2 Å². The second-order valence-electron chi connectivity index (χ2n) is 3.25. The van der Waals surface area contributed by atoms with Crippen LogP contribution in [-0.2, 0) is 10.0 Å². The van der Waals surface area contributed by atoms with Crippen LogP contribution in [0.25, 0.3) is 10.2 Å². The molecule has 0 aliphatic carbocycles. The van der Waals surface area contributed by atoms with Crippen LogP contribution in [0, 0.1) is 10.1 Å². The van der Waals surface area contributed by atoms with E-state index in [9.17, 15) is 18.5 Å². The number of alkyl halides is 1. The molecule has 0 aliphatic rings. The number of nitro groups is 1. The fourth-order valence-electron chi connectivity index (χ4n) is 1.23. The van der Waals surface area contributed by atoms with E-state index < -0.39 is 14.9 Å². The third-order valence-corrected chi connectivity index (χ3v) is 5.63. The standard InChI is InChI=1S/C8H6BrN3O4S2/c9-4-18(15,16)11-8-10-6-2-1-5(12(13)14)3-7(6)17-8/h1-3H,4H2,(H,10,11). The molecule has 0 saturated carbocycles. The lowest BCUT2D eigenvalue weighted by Gasteiger charge is -1.98. The summed E-state index contributed by atoms with van der Waals surface area (Å²) < 4.78 is 25.2. The number of benzene rings is 1. The van der Waals surface area contributed by atoms with Crippen molar-refractivity contribution in [3.63, 3.8) is 0 Å². The SMILES string of the molecule is O=[N+]([O-])c1ccc2nc(NS(=O)(=O)CBr)sc2c1. The van der Waals surface area contributed by atoms with Gasteiger partial charge in [0.2, 0.25) is 10.0 Å². The van der Waals surface area contributed by atoms with Gasteiger partial charge in [0, 0.05) is 12.1 Å². The van der Waals surface area contributed by atoms with Crippen LogP contribution in [0.2, 0.25) is 0 Å². The van der Waals surface area contributed by atoms with Crippen LogP contribution < -0.4 is 4.72 Å². The van der Waals surface area contributed by atoms with Crippen molar-refractivity contribution in [1.82, 2.24) is 4.98 Å². The number of hydrogen-bond acceptors (Lipinski definition) is 6. The van der Waals surface area contributed by atoms with E-state index >= 15 is 0 Å². The predicted octanol–water partition coefficient (Wildman–Crippen LogP) is 2.30. The van der Waals surface area contributed by atoms with E-state index in [1.54, 1.807) is 0 Å². The molecule has 7 nitrogen and oxygen atoms in total. The van der Waals surface area contributed by atoms with Crippen molar-refractivity contribution in [1.29, 1.82) is 0 Å². The van der Waals surface area contributed by atoms with E-state index in [0.29, 0.717) is 10.2 Å². The van der Waals surface area contributed by atoms with Crippen LogP contribution in [0.3, 0.4) is 0 Å². The van der Waals surface area contributed by atoms with Crippen LogP contribution in [-0.4, -0.2) is 23.0 Å². The normalized spacial score (nSPS) is 11.6. The fraction of sp³-hybridized carbons (Fsp3) is 0.125. The maximum absolute atomic E-state index is 11.3. The van der Waals surface area contributed by atoms with Crippen LogP contribution in [0.5, 0.6) is 0 Å². The summed E-state index contributed by atoms with van der Waals surface area (Å²) >= 11 is 3.88. The van der Waals surface area contributed by atoms with Crippen molar-refractivity contribution in [2.75, 3.05) is 9.38 Å². The molecule has 0 saturated heterocycles. The molecule has 0 bridgehead atoms. The number of rotatable bonds is 4. The highest BCUT2D eigenvalue weighted by molar-refractivity contribution is 9.10. The first-order valence-corrected chi connectivity index (χ1v) is 8.12. The molecule has 0 aliphatic heterocycles. The van der Waals surface area contributed by atoms with Gasteiger partial charge < -0.3 is 0 Å². The monoisotopic (exact) mass is 351 g/mol. The third kappa shape index (κ3) is 2.76. The van der Waals surface area contributed by atoms with Crippen molar-refractivity contribution in [3.05, 3.63) is 28.3 Å². The summed E-state index contributed by atoms with van der Waals surface area (Å²) in [4.78, 5) is 14.1. The molecule has 1 aromatic heterocycles. The Kier molecular flexibility index (Phi) is 3.50. The minimum absolute atomic E-state index is 0.0546. The van der Waals surface area contributed by atoms with Gasteiger partial charge in [0.25, 0.3) is 5.69 Å². The number of halogens is 1. The first kappa shape index (κ1) is 13.2. The summed E-state index contributed by atoms with van der Waals surface area (Å²) in [6.45, 7) is 0. The number of non-ortho nitro benzene ring substituents is 1. The van der Waals surface area contributed by atoms with Gasteiger partial charge in [-0.15, -0.1) is 0 Å². The number of anilines is 1. The van der Waals surface area contributed by atoms with Crippen LogP contribution in [0.4, 0.5) is 10.8 Å². The second kappa shape index (κ2) is 4.78.